The third kappa shape index (κ3) is 2.76. The Kier molecular flexibility index (Phi) is 3.74. The van der Waals surface area contributed by atoms with E-state index in [9.17, 15) is 9.90 Å². The number of Topliss-reactive ketones (excluding diaryl/α,β-unsaturated/α-hetero) is 1. The Morgan fingerprint density at radius 2 is 2.00 bits per heavy atom. The Bertz CT molecular complexity index is 477. The number of hydrogen-bond donors (Lipinski definition) is 1. The summed E-state index contributed by atoms with van der Waals surface area (Å²) >= 11 is 3.40. The van der Waals surface area contributed by atoms with E-state index in [0.29, 0.717) is 18.6 Å². The fourth-order valence-corrected chi connectivity index (χ4v) is 3.82. The van der Waals surface area contributed by atoms with Crippen LogP contribution in [0.5, 0.6) is 0 Å². The fourth-order valence-electron chi connectivity index (χ4n) is 3.42. The summed E-state index contributed by atoms with van der Waals surface area (Å²) in [6, 6.07) is 8.36. The van der Waals surface area contributed by atoms with Crippen molar-refractivity contribution in [3.63, 3.8) is 0 Å². The summed E-state index contributed by atoms with van der Waals surface area (Å²) in [4.78, 5) is 14.6. The largest absolute Gasteiger partial charge is 0.393 e. The van der Waals surface area contributed by atoms with Gasteiger partial charge in [-0.3, -0.25) is 9.69 Å². The lowest BCUT2D eigenvalue weighted by atomic mass is 9.99. The third-order valence-electron chi connectivity index (χ3n) is 4.33. The highest BCUT2D eigenvalue weighted by Crippen LogP contribution is 2.35. The van der Waals surface area contributed by atoms with Crippen LogP contribution in [0.2, 0.25) is 0 Å². The van der Waals surface area contributed by atoms with E-state index in [1.54, 1.807) is 0 Å². The number of halogens is 1. The molecule has 0 amide bonds. The molecular weight excluding hydrogens is 306 g/mol. The molecule has 2 aliphatic rings. The van der Waals surface area contributed by atoms with Crippen LogP contribution >= 0.6 is 15.9 Å². The van der Waals surface area contributed by atoms with Crippen LogP contribution in [-0.4, -0.2) is 40.5 Å². The quantitative estimate of drug-likeness (QED) is 0.869. The molecule has 0 saturated carbocycles. The van der Waals surface area contributed by atoms with Crippen molar-refractivity contribution in [3.05, 3.63) is 34.3 Å². The zero-order valence-electron chi connectivity index (χ0n) is 10.8. The summed E-state index contributed by atoms with van der Waals surface area (Å²) in [6.45, 7) is 0.485. The van der Waals surface area contributed by atoms with Gasteiger partial charge in [-0.15, -0.1) is 0 Å². The molecular formula is C15H18BrNO2. The van der Waals surface area contributed by atoms with Crippen molar-refractivity contribution < 1.29 is 9.90 Å². The molecule has 1 aromatic carbocycles. The van der Waals surface area contributed by atoms with Gasteiger partial charge in [0.05, 0.1) is 12.6 Å². The van der Waals surface area contributed by atoms with Gasteiger partial charge in [-0.1, -0.05) is 28.1 Å². The van der Waals surface area contributed by atoms with E-state index < -0.39 is 0 Å². The highest BCUT2D eigenvalue weighted by Gasteiger charge is 2.40. The molecule has 0 aromatic heterocycles. The van der Waals surface area contributed by atoms with Crippen molar-refractivity contribution in [1.82, 2.24) is 4.90 Å². The fraction of sp³-hybridized carbons (Fsp3) is 0.533. The molecule has 0 spiro atoms. The van der Waals surface area contributed by atoms with Crippen LogP contribution in [-0.2, 0) is 0 Å². The van der Waals surface area contributed by atoms with Crippen LogP contribution < -0.4 is 0 Å². The number of hydrogen-bond acceptors (Lipinski definition) is 3. The van der Waals surface area contributed by atoms with Gasteiger partial charge in [0.2, 0.25) is 0 Å². The van der Waals surface area contributed by atoms with Crippen molar-refractivity contribution in [2.75, 3.05) is 6.54 Å². The highest BCUT2D eigenvalue weighted by atomic mass is 79.9. The van der Waals surface area contributed by atoms with Gasteiger partial charge in [-0.25, -0.2) is 0 Å². The smallest absolute Gasteiger partial charge is 0.176 e. The molecule has 19 heavy (non-hydrogen) atoms. The normalized spacial score (nSPS) is 30.5. The predicted octanol–water partition coefficient (Wildman–Crippen LogP) is 2.62. The number of nitrogens with zero attached hydrogens (tertiary/aromatic N) is 1. The number of rotatable bonds is 3. The lowest BCUT2D eigenvalue weighted by Crippen LogP contribution is -2.46. The number of ketones is 1. The van der Waals surface area contributed by atoms with E-state index in [2.05, 4.69) is 20.8 Å². The van der Waals surface area contributed by atoms with Crippen LogP contribution in [0.15, 0.2) is 28.7 Å². The molecule has 1 N–H and O–H groups in total. The minimum Gasteiger partial charge on any atom is -0.393 e. The SMILES string of the molecule is O=C(CN1C2CCC1CC(O)C2)c1cccc(Br)c1. The monoisotopic (exact) mass is 323 g/mol. The standard InChI is InChI=1S/C15H18BrNO2/c16-11-3-1-2-10(6-11)15(19)9-17-12-4-5-13(17)8-14(18)7-12/h1-3,6,12-14,18H,4-5,7-9H2. The molecule has 0 radical (unpaired) electrons. The van der Waals surface area contributed by atoms with E-state index in [4.69, 9.17) is 0 Å². The summed E-state index contributed by atoms with van der Waals surface area (Å²) in [7, 11) is 0. The number of fused-ring (bicyclic) bond motifs is 2. The van der Waals surface area contributed by atoms with E-state index in [0.717, 1.165) is 35.7 Å². The minimum atomic E-state index is -0.172. The van der Waals surface area contributed by atoms with Crippen LogP contribution in [0.4, 0.5) is 0 Å². The first-order valence-electron chi connectivity index (χ1n) is 6.86. The van der Waals surface area contributed by atoms with E-state index >= 15 is 0 Å². The van der Waals surface area contributed by atoms with Crippen LogP contribution in [0.25, 0.3) is 0 Å². The lowest BCUT2D eigenvalue weighted by Gasteiger charge is -2.36. The lowest BCUT2D eigenvalue weighted by molar-refractivity contribution is 0.0344. The summed E-state index contributed by atoms with van der Waals surface area (Å²) < 4.78 is 0.940. The molecule has 3 rings (SSSR count). The Morgan fingerprint density at radius 3 is 2.63 bits per heavy atom. The second-order valence-corrected chi connectivity index (χ2v) is 6.53. The average molecular weight is 324 g/mol. The summed E-state index contributed by atoms with van der Waals surface area (Å²) in [6.07, 6.45) is 3.71. The third-order valence-corrected chi connectivity index (χ3v) is 4.83. The van der Waals surface area contributed by atoms with Crippen molar-refractivity contribution in [2.45, 2.75) is 43.9 Å². The number of aliphatic hydroxyl groups is 1. The molecule has 3 nitrogen and oxygen atoms in total. The van der Waals surface area contributed by atoms with Crippen molar-refractivity contribution in [3.8, 4) is 0 Å². The van der Waals surface area contributed by atoms with Crippen molar-refractivity contribution in [2.24, 2.45) is 0 Å². The minimum absolute atomic E-state index is 0.172. The Labute approximate surface area is 121 Å². The zero-order valence-corrected chi connectivity index (χ0v) is 12.3. The summed E-state index contributed by atoms with van der Waals surface area (Å²) in [5.74, 6) is 0.176. The van der Waals surface area contributed by atoms with Crippen LogP contribution in [0, 0.1) is 0 Å². The van der Waals surface area contributed by atoms with Crippen LogP contribution in [0.3, 0.4) is 0 Å². The van der Waals surface area contributed by atoms with Crippen LogP contribution in [0.1, 0.15) is 36.0 Å². The van der Waals surface area contributed by atoms with E-state index in [-0.39, 0.29) is 11.9 Å². The first kappa shape index (κ1) is 13.3. The molecule has 2 heterocycles. The topological polar surface area (TPSA) is 40.5 Å². The van der Waals surface area contributed by atoms with Gasteiger partial charge in [-0.05, 0) is 37.8 Å². The molecule has 2 saturated heterocycles. The highest BCUT2D eigenvalue weighted by molar-refractivity contribution is 9.10. The molecule has 2 bridgehead atoms. The number of benzene rings is 1. The van der Waals surface area contributed by atoms with Crippen molar-refractivity contribution in [1.29, 1.82) is 0 Å². The first-order valence-corrected chi connectivity index (χ1v) is 7.65. The average Bonchev–Trinajstić information content (AvgIpc) is 2.61. The van der Waals surface area contributed by atoms with Gasteiger partial charge in [0.1, 0.15) is 0 Å². The van der Waals surface area contributed by atoms with Gasteiger partial charge in [0, 0.05) is 22.1 Å². The van der Waals surface area contributed by atoms with Gasteiger partial charge in [0.15, 0.2) is 5.78 Å². The Hall–Kier alpha value is -0.710. The molecule has 2 fully saturated rings. The molecule has 0 aliphatic carbocycles. The van der Waals surface area contributed by atoms with Gasteiger partial charge < -0.3 is 5.11 Å². The number of carbonyl (C=O) groups excluding carboxylic acids is 1. The van der Waals surface area contributed by atoms with Gasteiger partial charge >= 0.3 is 0 Å². The first-order chi connectivity index (χ1) is 9.13. The van der Waals surface area contributed by atoms with E-state index in [1.165, 1.54) is 0 Å². The maximum Gasteiger partial charge on any atom is 0.176 e. The predicted molar refractivity (Wildman–Crippen MR) is 77.2 cm³/mol. The number of aliphatic hydroxyl groups excluding tert-OH is 1. The molecule has 4 heteroatoms. The molecule has 102 valence electrons. The van der Waals surface area contributed by atoms with Gasteiger partial charge in [0.25, 0.3) is 0 Å². The zero-order chi connectivity index (χ0) is 13.4. The maximum absolute atomic E-state index is 12.3. The molecule has 2 aliphatic heterocycles. The number of piperidine rings is 1. The molecule has 2 atom stereocenters. The summed E-state index contributed by atoms with van der Waals surface area (Å²) in [5.41, 5.74) is 0.764. The maximum atomic E-state index is 12.3. The Balaban J connectivity index is 1.70. The molecule has 2 unspecified atom stereocenters. The second-order valence-electron chi connectivity index (χ2n) is 5.62. The molecule has 1 aromatic rings. The number of carbonyl (C=O) groups is 1. The second kappa shape index (κ2) is 5.35. The van der Waals surface area contributed by atoms with E-state index in [1.807, 2.05) is 24.3 Å². The van der Waals surface area contributed by atoms with Crippen molar-refractivity contribution >= 4 is 21.7 Å². The Morgan fingerprint density at radius 1 is 1.32 bits per heavy atom. The summed E-state index contributed by atoms with van der Waals surface area (Å²) in [5, 5.41) is 9.78. The van der Waals surface area contributed by atoms with Gasteiger partial charge in [-0.2, -0.15) is 0 Å².